The van der Waals surface area contributed by atoms with Crippen LogP contribution in [0.4, 0.5) is 0 Å². The molecule has 1 atom stereocenters. The molecule has 3 aromatic rings. The van der Waals surface area contributed by atoms with Crippen molar-refractivity contribution in [2.75, 3.05) is 6.54 Å². The minimum Gasteiger partial charge on any atom is -0.390 e. The van der Waals surface area contributed by atoms with Gasteiger partial charge in [-0.1, -0.05) is 47.5 Å². The Morgan fingerprint density at radius 3 is 2.56 bits per heavy atom. The topological polar surface area (TPSA) is 37.2 Å². The number of aryl methyl sites for hydroxylation is 1. The third-order valence-corrected chi connectivity index (χ3v) is 6.13. The molecule has 0 amide bonds. The summed E-state index contributed by atoms with van der Waals surface area (Å²) in [5, 5.41) is 16.6. The Labute approximate surface area is 169 Å². The number of nitrogens with one attached hydrogen (secondary N) is 1. The smallest absolute Gasteiger partial charge is 0.0843 e. The number of para-hydroxylation sites is 1. The molecule has 0 fully saturated rings. The van der Waals surface area contributed by atoms with Crippen LogP contribution in [0.25, 0.3) is 10.9 Å². The minimum atomic E-state index is -0.479. The molecule has 2 N–H and O–H groups in total. The number of benzene rings is 2. The lowest BCUT2D eigenvalue weighted by Crippen LogP contribution is -2.30. The third-order valence-electron chi connectivity index (χ3n) is 5.42. The summed E-state index contributed by atoms with van der Waals surface area (Å²) in [5.74, 6) is 0. The van der Waals surface area contributed by atoms with E-state index in [2.05, 4.69) is 34.1 Å². The van der Waals surface area contributed by atoms with E-state index in [-0.39, 0.29) is 0 Å². The van der Waals surface area contributed by atoms with Crippen molar-refractivity contribution in [3.8, 4) is 0 Å². The molecule has 2 aromatic carbocycles. The van der Waals surface area contributed by atoms with Crippen molar-refractivity contribution in [1.82, 2.24) is 9.88 Å². The summed E-state index contributed by atoms with van der Waals surface area (Å²) in [7, 11) is 0. The van der Waals surface area contributed by atoms with Gasteiger partial charge in [-0.2, -0.15) is 0 Å². The zero-order chi connectivity index (χ0) is 18.8. The fourth-order valence-electron chi connectivity index (χ4n) is 4.14. The molecule has 0 saturated heterocycles. The van der Waals surface area contributed by atoms with Crippen LogP contribution in [0.15, 0.2) is 42.5 Å². The van der Waals surface area contributed by atoms with Gasteiger partial charge in [0, 0.05) is 45.3 Å². The molecule has 0 aliphatic heterocycles. The molecule has 3 nitrogen and oxygen atoms in total. The highest BCUT2D eigenvalue weighted by Gasteiger charge is 2.21. The molecule has 0 radical (unpaired) electrons. The number of hydrogen-bond acceptors (Lipinski definition) is 2. The molecular weight excluding hydrogens is 379 g/mol. The van der Waals surface area contributed by atoms with Gasteiger partial charge in [-0.05, 0) is 49.4 Å². The van der Waals surface area contributed by atoms with E-state index < -0.39 is 6.10 Å². The van der Waals surface area contributed by atoms with E-state index in [1.807, 2.05) is 18.2 Å². The number of fused-ring (bicyclic) bond motifs is 3. The number of aliphatic hydroxyl groups is 1. The molecule has 1 aliphatic carbocycles. The lowest BCUT2D eigenvalue weighted by Gasteiger charge is -2.19. The van der Waals surface area contributed by atoms with Crippen LogP contribution in [0.2, 0.25) is 10.0 Å². The maximum atomic E-state index is 10.6. The zero-order valence-electron chi connectivity index (χ0n) is 15.2. The Kier molecular flexibility index (Phi) is 5.74. The predicted octanol–water partition coefficient (Wildman–Crippen LogP) is 4.98. The number of halogens is 2. The van der Waals surface area contributed by atoms with Gasteiger partial charge < -0.3 is 15.0 Å². The van der Waals surface area contributed by atoms with E-state index in [0.717, 1.165) is 18.4 Å². The van der Waals surface area contributed by atoms with E-state index in [9.17, 15) is 5.11 Å². The second-order valence-corrected chi connectivity index (χ2v) is 8.06. The molecule has 0 bridgehead atoms. The van der Waals surface area contributed by atoms with Crippen LogP contribution in [-0.4, -0.2) is 22.3 Å². The summed E-state index contributed by atoms with van der Waals surface area (Å²) in [6.07, 6.45) is 4.24. The summed E-state index contributed by atoms with van der Waals surface area (Å²) in [6.45, 7) is 1.63. The van der Waals surface area contributed by atoms with Crippen molar-refractivity contribution in [3.05, 3.63) is 69.3 Å². The van der Waals surface area contributed by atoms with E-state index >= 15 is 0 Å². The van der Waals surface area contributed by atoms with Crippen molar-refractivity contribution >= 4 is 34.1 Å². The third kappa shape index (κ3) is 3.88. The highest BCUT2D eigenvalue weighted by atomic mass is 35.5. The van der Waals surface area contributed by atoms with Crippen LogP contribution in [0.5, 0.6) is 0 Å². The van der Waals surface area contributed by atoms with Crippen molar-refractivity contribution in [2.45, 2.75) is 44.9 Å². The summed E-state index contributed by atoms with van der Waals surface area (Å²) in [5.41, 5.74) is 4.98. The fourth-order valence-corrected chi connectivity index (χ4v) is 4.67. The fraction of sp³-hybridized carbons (Fsp3) is 0.364. The predicted molar refractivity (Wildman–Crippen MR) is 113 cm³/mol. The van der Waals surface area contributed by atoms with Crippen LogP contribution in [0.3, 0.4) is 0 Å². The number of aliphatic hydroxyl groups excluding tert-OH is 1. The Hall–Kier alpha value is -1.52. The summed E-state index contributed by atoms with van der Waals surface area (Å²) < 4.78 is 2.32. The zero-order valence-corrected chi connectivity index (χ0v) is 16.7. The van der Waals surface area contributed by atoms with E-state index in [1.54, 1.807) is 0 Å². The van der Waals surface area contributed by atoms with Gasteiger partial charge in [-0.3, -0.25) is 0 Å². The molecule has 0 spiro atoms. The SMILES string of the molecule is OC(CNCc1c(Cl)cccc1Cl)Cn1c2c(c3ccccc31)CCCC2. The molecular formula is C22H24Cl2N2O. The standard InChI is InChI=1S/C22H24Cl2N2O/c23-19-8-5-9-20(24)18(19)13-25-12-15(27)14-26-21-10-3-1-6-16(21)17-7-2-4-11-22(17)26/h1,3,5-6,8-10,15,25,27H,2,4,7,11-14H2. The number of hydrogen-bond donors (Lipinski definition) is 2. The molecule has 142 valence electrons. The van der Waals surface area contributed by atoms with Gasteiger partial charge in [0.05, 0.1) is 12.6 Å². The van der Waals surface area contributed by atoms with Gasteiger partial charge in [-0.15, -0.1) is 0 Å². The normalized spacial score (nSPS) is 15.1. The first kappa shape index (κ1) is 18.8. The van der Waals surface area contributed by atoms with E-state index in [1.165, 1.54) is 35.0 Å². The van der Waals surface area contributed by atoms with Crippen LogP contribution < -0.4 is 5.32 Å². The van der Waals surface area contributed by atoms with Crippen LogP contribution in [0.1, 0.15) is 29.7 Å². The Bertz CT molecular complexity index is 931. The average molecular weight is 403 g/mol. The first-order valence-corrected chi connectivity index (χ1v) is 10.3. The molecule has 1 unspecified atom stereocenters. The monoisotopic (exact) mass is 402 g/mol. The van der Waals surface area contributed by atoms with Gasteiger partial charge in [0.25, 0.3) is 0 Å². The summed E-state index contributed by atoms with van der Waals surface area (Å²) >= 11 is 12.4. The van der Waals surface area contributed by atoms with Crippen LogP contribution in [0, 0.1) is 0 Å². The van der Waals surface area contributed by atoms with Gasteiger partial charge in [0.2, 0.25) is 0 Å². The average Bonchev–Trinajstić information content (AvgIpc) is 2.98. The Morgan fingerprint density at radius 2 is 1.74 bits per heavy atom. The van der Waals surface area contributed by atoms with Gasteiger partial charge in [0.15, 0.2) is 0 Å². The number of nitrogens with zero attached hydrogens (tertiary/aromatic N) is 1. The van der Waals surface area contributed by atoms with Gasteiger partial charge in [-0.25, -0.2) is 0 Å². The van der Waals surface area contributed by atoms with E-state index in [0.29, 0.717) is 29.7 Å². The molecule has 1 heterocycles. The highest BCUT2D eigenvalue weighted by molar-refractivity contribution is 6.35. The lowest BCUT2D eigenvalue weighted by atomic mass is 9.95. The van der Waals surface area contributed by atoms with Gasteiger partial charge in [0.1, 0.15) is 0 Å². The Balaban J connectivity index is 1.46. The van der Waals surface area contributed by atoms with Crippen molar-refractivity contribution in [1.29, 1.82) is 0 Å². The number of aromatic nitrogens is 1. The molecule has 27 heavy (non-hydrogen) atoms. The highest BCUT2D eigenvalue weighted by Crippen LogP contribution is 2.32. The lowest BCUT2D eigenvalue weighted by molar-refractivity contribution is 0.151. The first-order chi connectivity index (χ1) is 13.1. The Morgan fingerprint density at radius 1 is 1.00 bits per heavy atom. The molecule has 1 aromatic heterocycles. The van der Waals surface area contributed by atoms with Crippen molar-refractivity contribution in [2.24, 2.45) is 0 Å². The molecule has 4 rings (SSSR count). The summed E-state index contributed by atoms with van der Waals surface area (Å²) in [6, 6.07) is 14.1. The van der Waals surface area contributed by atoms with E-state index in [4.69, 9.17) is 23.2 Å². The quantitative estimate of drug-likeness (QED) is 0.609. The largest absolute Gasteiger partial charge is 0.390 e. The molecule has 5 heteroatoms. The second-order valence-electron chi connectivity index (χ2n) is 7.25. The molecule has 1 aliphatic rings. The second kappa shape index (κ2) is 8.24. The number of rotatable bonds is 6. The maximum absolute atomic E-state index is 10.6. The summed E-state index contributed by atoms with van der Waals surface area (Å²) in [4.78, 5) is 0. The minimum absolute atomic E-state index is 0.479. The first-order valence-electron chi connectivity index (χ1n) is 9.56. The maximum Gasteiger partial charge on any atom is 0.0843 e. The van der Waals surface area contributed by atoms with Crippen molar-refractivity contribution < 1.29 is 5.11 Å². The van der Waals surface area contributed by atoms with Gasteiger partial charge >= 0.3 is 0 Å². The molecule has 0 saturated carbocycles. The van der Waals surface area contributed by atoms with Crippen molar-refractivity contribution in [3.63, 3.8) is 0 Å². The van der Waals surface area contributed by atoms with Crippen LogP contribution in [-0.2, 0) is 25.9 Å². The van der Waals surface area contributed by atoms with Crippen LogP contribution >= 0.6 is 23.2 Å².